The van der Waals surface area contributed by atoms with Gasteiger partial charge in [-0.15, -0.1) is 0 Å². The number of rotatable bonds is 8. The fourth-order valence-corrected chi connectivity index (χ4v) is 2.46. The van der Waals surface area contributed by atoms with E-state index in [0.717, 1.165) is 58.3 Å². The highest BCUT2D eigenvalue weighted by molar-refractivity contribution is 5.79. The van der Waals surface area contributed by atoms with Crippen LogP contribution in [0.2, 0.25) is 0 Å². The van der Waals surface area contributed by atoms with E-state index in [-0.39, 0.29) is 0 Å². The van der Waals surface area contributed by atoms with E-state index in [1.165, 1.54) is 0 Å². The van der Waals surface area contributed by atoms with Gasteiger partial charge < -0.3 is 20.3 Å². The van der Waals surface area contributed by atoms with Crippen LogP contribution in [0.3, 0.4) is 0 Å². The molecule has 0 aliphatic carbocycles. The summed E-state index contributed by atoms with van der Waals surface area (Å²) < 4.78 is 5.58. The van der Waals surface area contributed by atoms with Crippen LogP contribution in [0.4, 0.5) is 0 Å². The molecule has 0 aromatic rings. The van der Waals surface area contributed by atoms with Crippen molar-refractivity contribution in [2.45, 2.75) is 26.3 Å². The average molecular weight is 313 g/mol. The summed E-state index contributed by atoms with van der Waals surface area (Å²) in [6.45, 7) is 11.2. The van der Waals surface area contributed by atoms with Gasteiger partial charge in [0.15, 0.2) is 5.96 Å². The van der Waals surface area contributed by atoms with Crippen LogP contribution in [0.15, 0.2) is 4.99 Å². The molecule has 0 aromatic heterocycles. The summed E-state index contributed by atoms with van der Waals surface area (Å²) in [7, 11) is 6.20. The van der Waals surface area contributed by atoms with E-state index in [1.807, 2.05) is 7.05 Å². The molecule has 1 unspecified atom stereocenters. The van der Waals surface area contributed by atoms with Crippen LogP contribution >= 0.6 is 0 Å². The van der Waals surface area contributed by atoms with Crippen molar-refractivity contribution >= 4 is 5.96 Å². The molecule has 0 saturated carbocycles. The molecule has 0 bridgehead atoms. The van der Waals surface area contributed by atoms with Gasteiger partial charge in [-0.1, -0.05) is 13.8 Å². The quantitative estimate of drug-likeness (QED) is 0.387. The lowest BCUT2D eigenvalue weighted by Gasteiger charge is -2.37. The van der Waals surface area contributed by atoms with E-state index in [2.05, 4.69) is 53.4 Å². The molecule has 0 amide bonds. The Balaban J connectivity index is 2.14. The molecular weight excluding hydrogens is 278 g/mol. The van der Waals surface area contributed by atoms with Crippen molar-refractivity contribution in [3.8, 4) is 0 Å². The van der Waals surface area contributed by atoms with Gasteiger partial charge in [0.2, 0.25) is 0 Å². The molecule has 0 aromatic carbocycles. The number of piperazine rings is 1. The number of nitrogens with one attached hydrogen (secondary N) is 2. The third kappa shape index (κ3) is 7.96. The van der Waals surface area contributed by atoms with Crippen LogP contribution in [0.1, 0.15) is 20.3 Å². The lowest BCUT2D eigenvalue weighted by molar-refractivity contribution is 0.108. The molecule has 1 rings (SSSR count). The summed E-state index contributed by atoms with van der Waals surface area (Å²) in [4.78, 5) is 9.08. The minimum atomic E-state index is 0.534. The van der Waals surface area contributed by atoms with E-state index in [1.54, 1.807) is 0 Å². The Bertz CT molecular complexity index is 322. The predicted molar refractivity (Wildman–Crippen MR) is 93.6 cm³/mol. The summed E-state index contributed by atoms with van der Waals surface area (Å²) >= 11 is 0. The molecule has 1 aliphatic rings. The van der Waals surface area contributed by atoms with E-state index in [0.29, 0.717) is 12.0 Å². The maximum absolute atomic E-state index is 5.58. The lowest BCUT2D eigenvalue weighted by Crippen LogP contribution is -2.55. The molecule has 1 fully saturated rings. The molecule has 22 heavy (non-hydrogen) atoms. The second kappa shape index (κ2) is 10.8. The highest BCUT2D eigenvalue weighted by Gasteiger charge is 2.21. The largest absolute Gasteiger partial charge is 0.381 e. The Morgan fingerprint density at radius 1 is 1.27 bits per heavy atom. The normalized spacial score (nSPS) is 21.4. The van der Waals surface area contributed by atoms with Gasteiger partial charge in [-0.2, -0.15) is 0 Å². The fraction of sp³-hybridized carbons (Fsp3) is 0.938. The van der Waals surface area contributed by atoms with Gasteiger partial charge in [0.25, 0.3) is 0 Å². The molecule has 0 radical (unpaired) electrons. The number of hydrogen-bond donors (Lipinski definition) is 2. The minimum Gasteiger partial charge on any atom is -0.381 e. The Morgan fingerprint density at radius 3 is 2.73 bits per heavy atom. The first-order chi connectivity index (χ1) is 10.5. The lowest BCUT2D eigenvalue weighted by atomic mass is 10.2. The Kier molecular flexibility index (Phi) is 9.43. The van der Waals surface area contributed by atoms with E-state index >= 15 is 0 Å². The summed E-state index contributed by atoms with van der Waals surface area (Å²) in [6.07, 6.45) is 0.999. The Morgan fingerprint density at radius 2 is 2.05 bits per heavy atom. The zero-order valence-electron chi connectivity index (χ0n) is 15.1. The maximum Gasteiger partial charge on any atom is 0.191 e. The number of likely N-dealkylation sites (N-methyl/N-ethyl adjacent to an activating group) is 2. The molecule has 1 saturated heterocycles. The van der Waals surface area contributed by atoms with Gasteiger partial charge in [-0.25, -0.2) is 0 Å². The van der Waals surface area contributed by atoms with Gasteiger partial charge >= 0.3 is 0 Å². The van der Waals surface area contributed by atoms with Gasteiger partial charge in [-0.3, -0.25) is 9.89 Å². The first-order valence-corrected chi connectivity index (χ1v) is 8.44. The first-order valence-electron chi connectivity index (χ1n) is 8.44. The van der Waals surface area contributed by atoms with Gasteiger partial charge in [0.05, 0.1) is 0 Å². The second-order valence-corrected chi connectivity index (χ2v) is 6.60. The van der Waals surface area contributed by atoms with Crippen molar-refractivity contribution in [3.05, 3.63) is 0 Å². The monoisotopic (exact) mass is 313 g/mol. The summed E-state index contributed by atoms with van der Waals surface area (Å²) in [5, 5.41) is 6.78. The highest BCUT2D eigenvalue weighted by atomic mass is 16.5. The van der Waals surface area contributed by atoms with E-state index in [9.17, 15) is 0 Å². The van der Waals surface area contributed by atoms with Crippen molar-refractivity contribution in [3.63, 3.8) is 0 Å². The fourth-order valence-electron chi connectivity index (χ4n) is 2.46. The van der Waals surface area contributed by atoms with Gasteiger partial charge in [0.1, 0.15) is 0 Å². The van der Waals surface area contributed by atoms with Crippen LogP contribution in [-0.4, -0.2) is 88.9 Å². The number of nitrogens with zero attached hydrogens (tertiary/aromatic N) is 3. The van der Waals surface area contributed by atoms with Crippen LogP contribution in [-0.2, 0) is 4.74 Å². The molecule has 1 atom stereocenters. The Labute approximate surface area is 136 Å². The smallest absolute Gasteiger partial charge is 0.191 e. The third-order valence-electron chi connectivity index (χ3n) is 3.92. The van der Waals surface area contributed by atoms with Crippen LogP contribution in [0.5, 0.6) is 0 Å². The zero-order valence-corrected chi connectivity index (χ0v) is 15.1. The van der Waals surface area contributed by atoms with Crippen LogP contribution in [0, 0.1) is 5.92 Å². The van der Waals surface area contributed by atoms with E-state index in [4.69, 9.17) is 4.74 Å². The first kappa shape index (κ1) is 19.2. The topological polar surface area (TPSA) is 52.1 Å². The van der Waals surface area contributed by atoms with Crippen LogP contribution < -0.4 is 10.6 Å². The molecule has 1 heterocycles. The average Bonchev–Trinajstić information content (AvgIpc) is 2.48. The van der Waals surface area contributed by atoms with Crippen molar-refractivity contribution in [2.24, 2.45) is 10.9 Å². The number of ether oxygens (including phenoxy) is 1. The predicted octanol–water partition coefficient (Wildman–Crippen LogP) is 0.460. The SMILES string of the molecule is CN=C(NCCCOCC(C)C)NCC1CN(C)CCN1C. The van der Waals surface area contributed by atoms with Crippen molar-refractivity contribution in [1.29, 1.82) is 0 Å². The number of aliphatic imine (C=N–C) groups is 1. The molecular formula is C16H35N5O. The Hall–Kier alpha value is -0.850. The molecule has 6 nitrogen and oxygen atoms in total. The van der Waals surface area contributed by atoms with Crippen LogP contribution in [0.25, 0.3) is 0 Å². The zero-order chi connectivity index (χ0) is 16.4. The molecule has 1 aliphatic heterocycles. The number of guanidine groups is 1. The van der Waals surface area contributed by atoms with E-state index < -0.39 is 0 Å². The van der Waals surface area contributed by atoms with Gasteiger partial charge in [0, 0.05) is 59.0 Å². The van der Waals surface area contributed by atoms with Crippen molar-refractivity contribution < 1.29 is 4.74 Å². The molecule has 130 valence electrons. The van der Waals surface area contributed by atoms with Crippen molar-refractivity contribution in [1.82, 2.24) is 20.4 Å². The minimum absolute atomic E-state index is 0.534. The highest BCUT2D eigenvalue weighted by Crippen LogP contribution is 2.04. The standard InChI is InChI=1S/C16H35N5O/c1-14(2)13-22-10-6-7-18-16(17-3)19-11-15-12-20(4)8-9-21(15)5/h14-15H,6-13H2,1-5H3,(H2,17,18,19). The second-order valence-electron chi connectivity index (χ2n) is 6.60. The number of hydrogen-bond acceptors (Lipinski definition) is 4. The molecule has 2 N–H and O–H groups in total. The summed E-state index contributed by atoms with van der Waals surface area (Å²) in [6, 6.07) is 0.534. The van der Waals surface area contributed by atoms with Gasteiger partial charge in [-0.05, 0) is 26.4 Å². The molecule has 0 spiro atoms. The van der Waals surface area contributed by atoms with Crippen molar-refractivity contribution in [2.75, 3.05) is 67.1 Å². The maximum atomic E-state index is 5.58. The third-order valence-corrected chi connectivity index (χ3v) is 3.92. The summed E-state index contributed by atoms with van der Waals surface area (Å²) in [5.41, 5.74) is 0. The summed E-state index contributed by atoms with van der Waals surface area (Å²) in [5.74, 6) is 1.48. The molecule has 6 heteroatoms.